The van der Waals surface area contributed by atoms with E-state index in [0.717, 1.165) is 67.0 Å². The van der Waals surface area contributed by atoms with E-state index in [1.54, 1.807) is 12.1 Å². The Labute approximate surface area is 194 Å². The summed E-state index contributed by atoms with van der Waals surface area (Å²) in [5.41, 5.74) is 5.14. The first-order chi connectivity index (χ1) is 16.1. The lowest BCUT2D eigenvalue weighted by Gasteiger charge is -2.36. The molecule has 3 aromatic carbocycles. The molecule has 170 valence electrons. The van der Waals surface area contributed by atoms with Gasteiger partial charge in [0.15, 0.2) is 0 Å². The number of halogens is 1. The van der Waals surface area contributed by atoms with Crippen molar-refractivity contribution in [2.45, 2.75) is 38.9 Å². The zero-order chi connectivity index (χ0) is 22.8. The van der Waals surface area contributed by atoms with Gasteiger partial charge in [-0.1, -0.05) is 42.5 Å². The minimum atomic E-state index is -0.240. The smallest absolute Gasteiger partial charge is 0.254 e. The van der Waals surface area contributed by atoms with Gasteiger partial charge >= 0.3 is 0 Å². The van der Waals surface area contributed by atoms with Crippen LogP contribution in [0, 0.1) is 5.82 Å². The number of likely N-dealkylation sites (tertiary alicyclic amines) is 1. The molecule has 0 radical (unpaired) electrons. The van der Waals surface area contributed by atoms with E-state index in [4.69, 9.17) is 4.74 Å². The zero-order valence-corrected chi connectivity index (χ0v) is 19.0. The Morgan fingerprint density at radius 3 is 2.45 bits per heavy atom. The van der Waals surface area contributed by atoms with Crippen molar-refractivity contribution >= 4 is 5.91 Å². The molecule has 0 spiro atoms. The number of piperidine rings is 1. The summed E-state index contributed by atoms with van der Waals surface area (Å²) in [5.74, 6) is 0.773. The van der Waals surface area contributed by atoms with Gasteiger partial charge in [-0.2, -0.15) is 0 Å². The molecule has 5 heteroatoms. The second-order valence-corrected chi connectivity index (χ2v) is 8.87. The minimum absolute atomic E-state index is 0.182. The number of hydrogen-bond donors (Lipinski definition) is 0. The third-order valence-electron chi connectivity index (χ3n) is 6.75. The van der Waals surface area contributed by atoms with E-state index in [-0.39, 0.29) is 11.7 Å². The molecule has 2 aliphatic rings. The van der Waals surface area contributed by atoms with E-state index < -0.39 is 0 Å². The molecule has 1 amide bonds. The van der Waals surface area contributed by atoms with Crippen LogP contribution >= 0.6 is 0 Å². The summed E-state index contributed by atoms with van der Waals surface area (Å²) >= 11 is 0. The summed E-state index contributed by atoms with van der Waals surface area (Å²) in [7, 11) is 0. The van der Waals surface area contributed by atoms with E-state index in [0.29, 0.717) is 12.6 Å². The molecule has 0 unspecified atom stereocenters. The highest BCUT2D eigenvalue weighted by Gasteiger charge is 2.34. The summed E-state index contributed by atoms with van der Waals surface area (Å²) in [6.45, 7) is 6.08. The van der Waals surface area contributed by atoms with Gasteiger partial charge in [0.25, 0.3) is 5.91 Å². The van der Waals surface area contributed by atoms with Gasteiger partial charge < -0.3 is 9.64 Å². The van der Waals surface area contributed by atoms with Crippen molar-refractivity contribution in [3.8, 4) is 16.9 Å². The van der Waals surface area contributed by atoms with Gasteiger partial charge in [-0.3, -0.25) is 9.69 Å². The summed E-state index contributed by atoms with van der Waals surface area (Å²) in [4.78, 5) is 17.3. The van der Waals surface area contributed by atoms with Crippen LogP contribution in [0.25, 0.3) is 11.1 Å². The van der Waals surface area contributed by atoms with Crippen molar-refractivity contribution in [2.75, 3.05) is 19.7 Å². The lowest BCUT2D eigenvalue weighted by Crippen LogP contribution is -2.44. The monoisotopic (exact) mass is 444 g/mol. The largest absolute Gasteiger partial charge is 0.493 e. The second kappa shape index (κ2) is 9.36. The number of hydrogen-bond acceptors (Lipinski definition) is 3. The Morgan fingerprint density at radius 2 is 1.73 bits per heavy atom. The molecule has 0 saturated carbocycles. The molecule has 2 aliphatic heterocycles. The highest BCUT2D eigenvalue weighted by atomic mass is 19.1. The number of benzene rings is 3. The van der Waals surface area contributed by atoms with Crippen LogP contribution in [0.4, 0.5) is 4.39 Å². The normalized spacial score (nSPS) is 16.8. The van der Waals surface area contributed by atoms with E-state index in [1.165, 1.54) is 17.7 Å². The number of ether oxygens (including phenoxy) is 1. The van der Waals surface area contributed by atoms with Crippen LogP contribution in [0.15, 0.2) is 66.7 Å². The highest BCUT2D eigenvalue weighted by molar-refractivity contribution is 5.98. The third-order valence-corrected chi connectivity index (χ3v) is 6.75. The van der Waals surface area contributed by atoms with E-state index in [2.05, 4.69) is 34.1 Å². The number of carbonyl (C=O) groups excluding carboxylic acids is 1. The van der Waals surface area contributed by atoms with Crippen LogP contribution in [0.3, 0.4) is 0 Å². The Hall–Kier alpha value is -3.18. The molecule has 1 fully saturated rings. The van der Waals surface area contributed by atoms with Crippen molar-refractivity contribution in [3.05, 3.63) is 89.2 Å². The fourth-order valence-electron chi connectivity index (χ4n) is 5.03. The first kappa shape index (κ1) is 21.7. The first-order valence-corrected chi connectivity index (χ1v) is 11.8. The summed E-state index contributed by atoms with van der Waals surface area (Å²) in [6, 6.07) is 21.1. The maximum absolute atomic E-state index is 13.3. The fourth-order valence-corrected chi connectivity index (χ4v) is 5.03. The quantitative estimate of drug-likeness (QED) is 0.502. The maximum Gasteiger partial charge on any atom is 0.254 e. The van der Waals surface area contributed by atoms with Gasteiger partial charge in [-0.15, -0.1) is 0 Å². The van der Waals surface area contributed by atoms with Crippen LogP contribution in [0.1, 0.15) is 41.3 Å². The Balaban J connectivity index is 1.23. The van der Waals surface area contributed by atoms with Gasteiger partial charge in [-0.05, 0) is 60.7 Å². The second-order valence-electron chi connectivity index (χ2n) is 8.87. The number of nitrogens with zero attached hydrogens (tertiary/aromatic N) is 2. The van der Waals surface area contributed by atoms with Crippen LogP contribution in [-0.4, -0.2) is 41.4 Å². The van der Waals surface area contributed by atoms with Gasteiger partial charge in [0.2, 0.25) is 0 Å². The minimum Gasteiger partial charge on any atom is -0.493 e. The lowest BCUT2D eigenvalue weighted by molar-refractivity contribution is 0.0590. The molecule has 33 heavy (non-hydrogen) atoms. The molecule has 0 bridgehead atoms. The van der Waals surface area contributed by atoms with Crippen molar-refractivity contribution < 1.29 is 13.9 Å². The molecule has 5 rings (SSSR count). The molecular formula is C28H29FN2O2. The highest BCUT2D eigenvalue weighted by Crippen LogP contribution is 2.33. The molecule has 4 nitrogen and oxygen atoms in total. The number of fused-ring (bicyclic) bond motifs is 1. The summed E-state index contributed by atoms with van der Waals surface area (Å²) in [5, 5.41) is 0. The third kappa shape index (κ3) is 4.51. The van der Waals surface area contributed by atoms with E-state index in [9.17, 15) is 9.18 Å². The zero-order valence-electron chi connectivity index (χ0n) is 19.0. The SMILES string of the molecule is CCOc1cc(CN2CCC(N3Cc4ccccc4C3=O)CC2)ccc1-c1ccc(F)cc1. The van der Waals surface area contributed by atoms with E-state index in [1.807, 2.05) is 25.1 Å². The van der Waals surface area contributed by atoms with Crippen molar-refractivity contribution in [1.29, 1.82) is 0 Å². The van der Waals surface area contributed by atoms with Gasteiger partial charge in [-0.25, -0.2) is 4.39 Å². The van der Waals surface area contributed by atoms with Crippen LogP contribution in [-0.2, 0) is 13.1 Å². The number of amides is 1. The Bertz CT molecular complexity index is 1140. The molecule has 2 heterocycles. The number of carbonyl (C=O) groups is 1. The van der Waals surface area contributed by atoms with Crippen LogP contribution in [0.2, 0.25) is 0 Å². The van der Waals surface area contributed by atoms with Gasteiger partial charge in [0, 0.05) is 43.3 Å². The number of rotatable bonds is 6. The molecule has 0 aliphatic carbocycles. The Morgan fingerprint density at radius 1 is 0.970 bits per heavy atom. The fraction of sp³-hybridized carbons (Fsp3) is 0.321. The molecule has 0 N–H and O–H groups in total. The molecular weight excluding hydrogens is 415 g/mol. The average molecular weight is 445 g/mol. The first-order valence-electron chi connectivity index (χ1n) is 11.8. The Kier molecular flexibility index (Phi) is 6.14. The maximum atomic E-state index is 13.3. The predicted octanol–water partition coefficient (Wildman–Crippen LogP) is 5.51. The van der Waals surface area contributed by atoms with Crippen molar-refractivity contribution in [2.24, 2.45) is 0 Å². The van der Waals surface area contributed by atoms with Gasteiger partial charge in [0.1, 0.15) is 11.6 Å². The van der Waals surface area contributed by atoms with E-state index >= 15 is 0 Å². The van der Waals surface area contributed by atoms with Crippen LogP contribution in [0.5, 0.6) is 5.75 Å². The van der Waals surface area contributed by atoms with Crippen molar-refractivity contribution in [1.82, 2.24) is 9.80 Å². The summed E-state index contributed by atoms with van der Waals surface area (Å²) < 4.78 is 19.3. The molecule has 0 aromatic heterocycles. The standard InChI is InChI=1S/C28H29FN2O2/c1-2-33-27-17-20(7-12-25(27)21-8-10-23(29)11-9-21)18-30-15-13-24(14-16-30)31-19-22-5-3-4-6-26(22)28(31)32/h3-12,17,24H,2,13-16,18-19H2,1H3. The predicted molar refractivity (Wildman–Crippen MR) is 128 cm³/mol. The molecule has 0 atom stereocenters. The lowest BCUT2D eigenvalue weighted by atomic mass is 10.0. The van der Waals surface area contributed by atoms with Crippen LogP contribution < -0.4 is 4.74 Å². The summed E-state index contributed by atoms with van der Waals surface area (Å²) in [6.07, 6.45) is 1.98. The van der Waals surface area contributed by atoms with Crippen molar-refractivity contribution in [3.63, 3.8) is 0 Å². The molecule has 1 saturated heterocycles. The molecule has 3 aromatic rings. The van der Waals surface area contributed by atoms with Gasteiger partial charge in [0.05, 0.1) is 6.61 Å². The topological polar surface area (TPSA) is 32.8 Å². The average Bonchev–Trinajstić information content (AvgIpc) is 3.17.